The number of nitrogens with one attached hydrogen (secondary N) is 1. The molecular weight excluding hydrogens is 242 g/mol. The standard InChI is InChI=1S/C14H21N3O2/c1-11-14(12(2)19-16-11)10-17-7-4-5-13(17)9-15-6-8-18-3/h4-5,7,15H,6,8-10H2,1-3H3. The number of methoxy groups -OCH3 is 1. The van der Waals surface area contributed by atoms with Gasteiger partial charge in [0.25, 0.3) is 0 Å². The molecule has 0 amide bonds. The van der Waals surface area contributed by atoms with Crippen LogP contribution in [0.4, 0.5) is 0 Å². The van der Waals surface area contributed by atoms with Crippen LogP contribution in [0.2, 0.25) is 0 Å². The van der Waals surface area contributed by atoms with Crippen LogP contribution in [0.1, 0.15) is 22.7 Å². The molecule has 0 aliphatic carbocycles. The molecule has 0 atom stereocenters. The van der Waals surface area contributed by atoms with Crippen LogP contribution < -0.4 is 5.32 Å². The predicted octanol–water partition coefficient (Wildman–Crippen LogP) is 1.88. The van der Waals surface area contributed by atoms with E-state index in [4.69, 9.17) is 9.26 Å². The monoisotopic (exact) mass is 263 g/mol. The number of rotatable bonds is 7. The molecule has 2 heterocycles. The lowest BCUT2D eigenvalue weighted by atomic mass is 10.2. The fourth-order valence-electron chi connectivity index (χ4n) is 2.05. The molecule has 0 fully saturated rings. The second-order valence-corrected chi connectivity index (χ2v) is 4.60. The maximum atomic E-state index is 5.20. The summed E-state index contributed by atoms with van der Waals surface area (Å²) in [7, 11) is 1.71. The molecule has 0 aromatic carbocycles. The molecular formula is C14H21N3O2. The number of hydrogen-bond donors (Lipinski definition) is 1. The highest BCUT2D eigenvalue weighted by Crippen LogP contribution is 2.15. The first-order chi connectivity index (χ1) is 9.22. The third-order valence-corrected chi connectivity index (χ3v) is 3.22. The topological polar surface area (TPSA) is 52.2 Å². The Bertz CT molecular complexity index is 497. The van der Waals surface area contributed by atoms with E-state index < -0.39 is 0 Å². The van der Waals surface area contributed by atoms with E-state index in [0.29, 0.717) is 0 Å². The van der Waals surface area contributed by atoms with E-state index in [1.165, 1.54) is 5.69 Å². The SMILES string of the molecule is COCCNCc1cccn1Cc1c(C)noc1C. The zero-order valence-electron chi connectivity index (χ0n) is 11.8. The molecule has 2 rings (SSSR count). The van der Waals surface area contributed by atoms with E-state index in [-0.39, 0.29) is 0 Å². The van der Waals surface area contributed by atoms with Crippen molar-refractivity contribution in [3.8, 4) is 0 Å². The van der Waals surface area contributed by atoms with Crippen LogP contribution in [0.3, 0.4) is 0 Å². The van der Waals surface area contributed by atoms with Crippen molar-refractivity contribution in [2.75, 3.05) is 20.3 Å². The fraction of sp³-hybridized carbons (Fsp3) is 0.500. The van der Waals surface area contributed by atoms with Crippen LogP contribution in [0.25, 0.3) is 0 Å². The lowest BCUT2D eigenvalue weighted by molar-refractivity contribution is 0.199. The molecule has 0 aliphatic heterocycles. The van der Waals surface area contributed by atoms with Crippen molar-refractivity contribution in [1.29, 1.82) is 0 Å². The molecule has 5 nitrogen and oxygen atoms in total. The molecule has 19 heavy (non-hydrogen) atoms. The van der Waals surface area contributed by atoms with E-state index >= 15 is 0 Å². The second-order valence-electron chi connectivity index (χ2n) is 4.60. The Balaban J connectivity index is 1.99. The van der Waals surface area contributed by atoms with E-state index in [2.05, 4.69) is 33.4 Å². The van der Waals surface area contributed by atoms with Crippen LogP contribution in [0.15, 0.2) is 22.9 Å². The van der Waals surface area contributed by atoms with Gasteiger partial charge in [0.05, 0.1) is 18.8 Å². The molecule has 0 bridgehead atoms. The summed E-state index contributed by atoms with van der Waals surface area (Å²) in [5.41, 5.74) is 3.37. The van der Waals surface area contributed by atoms with Crippen molar-refractivity contribution >= 4 is 0 Å². The van der Waals surface area contributed by atoms with Crippen LogP contribution in [0, 0.1) is 13.8 Å². The summed E-state index contributed by atoms with van der Waals surface area (Å²) in [6.07, 6.45) is 2.08. The van der Waals surface area contributed by atoms with Crippen LogP contribution in [-0.4, -0.2) is 30.0 Å². The lowest BCUT2D eigenvalue weighted by Gasteiger charge is -2.10. The lowest BCUT2D eigenvalue weighted by Crippen LogP contribution is -2.20. The number of hydrogen-bond acceptors (Lipinski definition) is 4. The molecule has 0 aliphatic rings. The normalized spacial score (nSPS) is 11.1. The maximum absolute atomic E-state index is 5.20. The summed E-state index contributed by atoms with van der Waals surface area (Å²) in [6.45, 7) is 7.15. The third-order valence-electron chi connectivity index (χ3n) is 3.22. The summed E-state index contributed by atoms with van der Waals surface area (Å²) < 4.78 is 12.4. The Hall–Kier alpha value is -1.59. The molecule has 5 heteroatoms. The van der Waals surface area contributed by atoms with Crippen LogP contribution >= 0.6 is 0 Å². The minimum atomic E-state index is 0.727. The molecule has 0 unspecified atom stereocenters. The van der Waals surface area contributed by atoms with Crippen molar-refractivity contribution in [2.24, 2.45) is 0 Å². The van der Waals surface area contributed by atoms with Gasteiger partial charge in [-0.15, -0.1) is 0 Å². The van der Waals surface area contributed by atoms with Gasteiger partial charge in [0.1, 0.15) is 5.76 Å². The van der Waals surface area contributed by atoms with Crippen LogP contribution in [0.5, 0.6) is 0 Å². The highest BCUT2D eigenvalue weighted by atomic mass is 16.5. The minimum Gasteiger partial charge on any atom is -0.383 e. The van der Waals surface area contributed by atoms with Crippen LogP contribution in [-0.2, 0) is 17.8 Å². The maximum Gasteiger partial charge on any atom is 0.138 e. The van der Waals surface area contributed by atoms with Gasteiger partial charge in [-0.1, -0.05) is 5.16 Å². The summed E-state index contributed by atoms with van der Waals surface area (Å²) in [5.74, 6) is 0.893. The largest absolute Gasteiger partial charge is 0.383 e. The molecule has 1 N–H and O–H groups in total. The Kier molecular flexibility index (Phi) is 4.76. The summed E-state index contributed by atoms with van der Waals surface area (Å²) >= 11 is 0. The Morgan fingerprint density at radius 1 is 1.42 bits per heavy atom. The van der Waals surface area contributed by atoms with Gasteiger partial charge in [0, 0.05) is 37.7 Å². The second kappa shape index (κ2) is 6.54. The first kappa shape index (κ1) is 13.8. The van der Waals surface area contributed by atoms with Gasteiger partial charge in [-0.3, -0.25) is 0 Å². The Labute approximate surface area is 113 Å². The minimum absolute atomic E-state index is 0.727. The average molecular weight is 263 g/mol. The van der Waals surface area contributed by atoms with E-state index in [0.717, 1.165) is 43.3 Å². The van der Waals surface area contributed by atoms with Crippen molar-refractivity contribution in [2.45, 2.75) is 26.9 Å². The number of nitrogens with zero attached hydrogens (tertiary/aromatic N) is 2. The molecule has 0 spiro atoms. The molecule has 0 radical (unpaired) electrons. The van der Waals surface area contributed by atoms with Crippen molar-refractivity contribution in [3.05, 3.63) is 41.0 Å². The summed E-state index contributed by atoms with van der Waals surface area (Å²) in [4.78, 5) is 0. The van der Waals surface area contributed by atoms with E-state index in [1.807, 2.05) is 13.8 Å². The van der Waals surface area contributed by atoms with Crippen molar-refractivity contribution in [3.63, 3.8) is 0 Å². The fourth-order valence-corrected chi connectivity index (χ4v) is 2.05. The van der Waals surface area contributed by atoms with Crippen molar-refractivity contribution in [1.82, 2.24) is 15.0 Å². The van der Waals surface area contributed by atoms with Gasteiger partial charge >= 0.3 is 0 Å². The highest BCUT2D eigenvalue weighted by molar-refractivity contribution is 5.22. The zero-order chi connectivity index (χ0) is 13.7. The highest BCUT2D eigenvalue weighted by Gasteiger charge is 2.10. The molecule has 0 saturated heterocycles. The first-order valence-electron chi connectivity index (χ1n) is 6.47. The molecule has 2 aromatic rings. The van der Waals surface area contributed by atoms with Gasteiger partial charge in [0.15, 0.2) is 0 Å². The zero-order valence-corrected chi connectivity index (χ0v) is 11.8. The van der Waals surface area contributed by atoms with Gasteiger partial charge in [0.2, 0.25) is 0 Å². The summed E-state index contributed by atoms with van der Waals surface area (Å²) in [6, 6.07) is 4.18. The number of aromatic nitrogens is 2. The van der Waals surface area contributed by atoms with Gasteiger partial charge in [-0.25, -0.2) is 0 Å². The first-order valence-corrected chi connectivity index (χ1v) is 6.47. The average Bonchev–Trinajstić information content (AvgIpc) is 2.97. The number of aryl methyl sites for hydroxylation is 2. The van der Waals surface area contributed by atoms with E-state index in [9.17, 15) is 0 Å². The van der Waals surface area contributed by atoms with Gasteiger partial charge < -0.3 is 19.1 Å². The molecule has 104 valence electrons. The quantitative estimate of drug-likeness (QED) is 0.775. The summed E-state index contributed by atoms with van der Waals surface area (Å²) in [5, 5.41) is 7.35. The Morgan fingerprint density at radius 3 is 2.95 bits per heavy atom. The number of ether oxygens (including phenoxy) is 1. The third kappa shape index (κ3) is 3.45. The van der Waals surface area contributed by atoms with Gasteiger partial charge in [-0.05, 0) is 26.0 Å². The van der Waals surface area contributed by atoms with Gasteiger partial charge in [-0.2, -0.15) is 0 Å². The molecule has 0 saturated carbocycles. The molecule has 2 aromatic heterocycles. The van der Waals surface area contributed by atoms with Crippen molar-refractivity contribution < 1.29 is 9.26 Å². The Morgan fingerprint density at radius 2 is 2.26 bits per heavy atom. The van der Waals surface area contributed by atoms with E-state index in [1.54, 1.807) is 7.11 Å². The predicted molar refractivity (Wildman–Crippen MR) is 73.1 cm³/mol. The smallest absolute Gasteiger partial charge is 0.138 e.